The van der Waals surface area contributed by atoms with Crippen LogP contribution in [0.25, 0.3) is 0 Å². The third-order valence-electron chi connectivity index (χ3n) is 6.08. The van der Waals surface area contributed by atoms with E-state index >= 15 is 0 Å². The summed E-state index contributed by atoms with van der Waals surface area (Å²) in [4.78, 5) is 52.2. The summed E-state index contributed by atoms with van der Waals surface area (Å²) >= 11 is 0. The smallest absolute Gasteiger partial charge is 0.309 e. The number of Topliss-reactive ketones (excluding diaryl/α,β-unsaturated/α-hetero) is 3. The van der Waals surface area contributed by atoms with E-state index in [1.165, 1.54) is 6.92 Å². The predicted molar refractivity (Wildman–Crippen MR) is 98.7 cm³/mol. The molecule has 0 saturated heterocycles. The summed E-state index contributed by atoms with van der Waals surface area (Å²) in [5.74, 6) is -0.934. The van der Waals surface area contributed by atoms with E-state index in [0.717, 1.165) is 19.3 Å². The van der Waals surface area contributed by atoms with E-state index in [9.17, 15) is 19.2 Å². The van der Waals surface area contributed by atoms with Gasteiger partial charge in [0.2, 0.25) is 5.78 Å². The number of hydrogen-bond donors (Lipinski definition) is 1. The standard InChI is InChI=1S/C21H27NO5/c1-10-17(12(3)23)11(2)22-18(10)19(24)13(4)27-21(26)16-8-14-6-5-7-15(9-16)20(14)25/h13-16,22H,5-9H2,1-4H3/t13-,14-,15+,16?/m0/s1. The van der Waals surface area contributed by atoms with Crippen molar-refractivity contribution in [2.75, 3.05) is 0 Å². The van der Waals surface area contributed by atoms with E-state index in [-0.39, 0.29) is 29.3 Å². The van der Waals surface area contributed by atoms with Gasteiger partial charge in [-0.05, 0) is 58.9 Å². The molecule has 6 heteroatoms. The van der Waals surface area contributed by atoms with Gasteiger partial charge in [0, 0.05) is 23.1 Å². The molecular formula is C21H27NO5. The lowest BCUT2D eigenvalue weighted by Gasteiger charge is -2.36. The molecule has 2 fully saturated rings. The predicted octanol–water partition coefficient (Wildman–Crippen LogP) is 3.34. The second-order valence-electron chi connectivity index (χ2n) is 8.02. The lowest BCUT2D eigenvalue weighted by molar-refractivity contribution is -0.155. The van der Waals surface area contributed by atoms with Crippen LogP contribution in [0, 0.1) is 31.6 Å². The number of fused-ring (bicyclic) bond motifs is 2. The van der Waals surface area contributed by atoms with Gasteiger partial charge in [0.25, 0.3) is 0 Å². The number of hydrogen-bond acceptors (Lipinski definition) is 5. The third-order valence-corrected chi connectivity index (χ3v) is 6.08. The minimum atomic E-state index is -0.938. The highest BCUT2D eigenvalue weighted by atomic mass is 16.5. The van der Waals surface area contributed by atoms with E-state index in [1.54, 1.807) is 20.8 Å². The molecule has 2 saturated carbocycles. The second-order valence-corrected chi connectivity index (χ2v) is 8.02. The lowest BCUT2D eigenvalue weighted by Crippen LogP contribution is -2.40. The maximum Gasteiger partial charge on any atom is 0.309 e. The van der Waals surface area contributed by atoms with Crippen LogP contribution in [0.1, 0.15) is 78.1 Å². The van der Waals surface area contributed by atoms with Crippen molar-refractivity contribution < 1.29 is 23.9 Å². The number of aryl methyl sites for hydroxylation is 1. The second kappa shape index (κ2) is 7.41. The summed E-state index contributed by atoms with van der Waals surface area (Å²) in [6.07, 6.45) is 2.87. The Bertz CT molecular complexity index is 790. The highest BCUT2D eigenvalue weighted by Gasteiger charge is 2.42. The molecule has 4 atom stereocenters. The van der Waals surface area contributed by atoms with E-state index in [2.05, 4.69) is 4.98 Å². The lowest BCUT2D eigenvalue weighted by atomic mass is 9.67. The van der Waals surface area contributed by atoms with Gasteiger partial charge in [0.05, 0.1) is 11.6 Å². The highest BCUT2D eigenvalue weighted by Crippen LogP contribution is 2.40. The fraction of sp³-hybridized carbons (Fsp3) is 0.619. The van der Waals surface area contributed by atoms with Gasteiger partial charge >= 0.3 is 5.97 Å². The normalized spacial score (nSPS) is 25.8. The molecule has 6 nitrogen and oxygen atoms in total. The third kappa shape index (κ3) is 3.62. The summed E-state index contributed by atoms with van der Waals surface area (Å²) < 4.78 is 5.47. The number of aromatic nitrogens is 1. The number of carbonyl (C=O) groups is 4. The molecule has 0 aromatic carbocycles. The molecule has 146 valence electrons. The zero-order valence-corrected chi connectivity index (χ0v) is 16.4. The van der Waals surface area contributed by atoms with Crippen LogP contribution >= 0.6 is 0 Å². The number of carbonyl (C=O) groups excluding carboxylic acids is 4. The van der Waals surface area contributed by atoms with Crippen LogP contribution in [0.2, 0.25) is 0 Å². The molecule has 27 heavy (non-hydrogen) atoms. The SMILES string of the molecule is CC(=O)c1c(C)[nH]c(C(=O)[C@H](C)OC(=O)C2C[C@H]3CCC[C@@H](C2)C3=O)c1C. The fourth-order valence-corrected chi connectivity index (χ4v) is 4.72. The van der Waals surface area contributed by atoms with Crippen LogP contribution in [-0.4, -0.2) is 34.4 Å². The Morgan fingerprint density at radius 1 is 1.11 bits per heavy atom. The molecule has 1 N–H and O–H groups in total. The Kier molecular flexibility index (Phi) is 5.36. The number of rotatable bonds is 5. The van der Waals surface area contributed by atoms with Gasteiger partial charge in [-0.25, -0.2) is 0 Å². The Labute approximate surface area is 159 Å². The maximum absolute atomic E-state index is 12.7. The molecular weight excluding hydrogens is 346 g/mol. The van der Waals surface area contributed by atoms with Gasteiger partial charge in [0.15, 0.2) is 11.9 Å². The minimum absolute atomic E-state index is 0.0347. The molecule has 1 heterocycles. The van der Waals surface area contributed by atoms with Gasteiger partial charge in [0.1, 0.15) is 5.78 Å². The average molecular weight is 373 g/mol. The first kappa shape index (κ1) is 19.5. The maximum atomic E-state index is 12.7. The molecule has 0 aliphatic heterocycles. The summed E-state index contributed by atoms with van der Waals surface area (Å²) in [5, 5.41) is 0. The van der Waals surface area contributed by atoms with Crippen molar-refractivity contribution in [1.82, 2.24) is 4.98 Å². The molecule has 1 aromatic rings. The molecule has 2 aliphatic carbocycles. The number of esters is 1. The van der Waals surface area contributed by atoms with Crippen molar-refractivity contribution >= 4 is 23.3 Å². The molecule has 3 rings (SSSR count). The van der Waals surface area contributed by atoms with Gasteiger partial charge in [-0.2, -0.15) is 0 Å². The first-order valence-corrected chi connectivity index (χ1v) is 9.69. The van der Waals surface area contributed by atoms with Gasteiger partial charge in [-0.3, -0.25) is 19.2 Å². The quantitative estimate of drug-likeness (QED) is 0.631. The van der Waals surface area contributed by atoms with Crippen molar-refractivity contribution in [3.8, 4) is 0 Å². The Balaban J connectivity index is 1.68. The summed E-state index contributed by atoms with van der Waals surface area (Å²) in [6, 6.07) is 0. The van der Waals surface area contributed by atoms with Crippen molar-refractivity contribution in [2.24, 2.45) is 17.8 Å². The van der Waals surface area contributed by atoms with Crippen molar-refractivity contribution in [2.45, 2.75) is 65.9 Å². The number of H-pyrrole nitrogens is 1. The van der Waals surface area contributed by atoms with Gasteiger partial charge in [-0.15, -0.1) is 0 Å². The first-order valence-electron chi connectivity index (χ1n) is 9.69. The topological polar surface area (TPSA) is 93.3 Å². The number of aromatic amines is 1. The van der Waals surface area contributed by atoms with Crippen molar-refractivity contribution in [3.63, 3.8) is 0 Å². The van der Waals surface area contributed by atoms with Crippen LogP contribution in [0.4, 0.5) is 0 Å². The van der Waals surface area contributed by atoms with Gasteiger partial charge in [-0.1, -0.05) is 6.42 Å². The van der Waals surface area contributed by atoms with Gasteiger partial charge < -0.3 is 9.72 Å². The molecule has 1 aromatic heterocycles. The minimum Gasteiger partial charge on any atom is -0.454 e. The molecule has 0 amide bonds. The Morgan fingerprint density at radius 3 is 2.22 bits per heavy atom. The molecule has 2 aliphatic rings. The molecule has 0 radical (unpaired) electrons. The summed E-state index contributed by atoms with van der Waals surface area (Å²) in [6.45, 7) is 6.48. The Hall–Kier alpha value is -2.24. The molecule has 2 bridgehead atoms. The van der Waals surface area contributed by atoms with E-state index in [1.807, 2.05) is 0 Å². The first-order chi connectivity index (χ1) is 12.7. The van der Waals surface area contributed by atoms with E-state index in [0.29, 0.717) is 41.1 Å². The van der Waals surface area contributed by atoms with Crippen molar-refractivity contribution in [1.29, 1.82) is 0 Å². The summed E-state index contributed by atoms with van der Waals surface area (Å²) in [7, 11) is 0. The van der Waals surface area contributed by atoms with Crippen LogP contribution in [0.3, 0.4) is 0 Å². The highest BCUT2D eigenvalue weighted by molar-refractivity contribution is 6.05. The fourth-order valence-electron chi connectivity index (χ4n) is 4.72. The number of nitrogens with one attached hydrogen (secondary N) is 1. The van der Waals surface area contributed by atoms with E-state index in [4.69, 9.17) is 4.74 Å². The average Bonchev–Trinajstić information content (AvgIpc) is 2.88. The van der Waals surface area contributed by atoms with Crippen molar-refractivity contribution in [3.05, 3.63) is 22.5 Å². The Morgan fingerprint density at radius 2 is 1.70 bits per heavy atom. The number of ether oxygens (including phenoxy) is 1. The zero-order chi connectivity index (χ0) is 19.9. The number of ketones is 3. The van der Waals surface area contributed by atoms with Crippen LogP contribution in [0.15, 0.2) is 0 Å². The van der Waals surface area contributed by atoms with E-state index < -0.39 is 12.1 Å². The van der Waals surface area contributed by atoms with Crippen LogP contribution in [0.5, 0.6) is 0 Å². The molecule has 1 unspecified atom stereocenters. The largest absolute Gasteiger partial charge is 0.454 e. The monoisotopic (exact) mass is 373 g/mol. The zero-order valence-electron chi connectivity index (χ0n) is 16.4. The summed E-state index contributed by atoms with van der Waals surface area (Å²) in [5.41, 5.74) is 2.05. The van der Waals surface area contributed by atoms with Crippen LogP contribution in [-0.2, 0) is 14.3 Å². The molecule has 0 spiro atoms. The van der Waals surface area contributed by atoms with Crippen LogP contribution < -0.4 is 0 Å².